The number of amides is 1. The summed E-state index contributed by atoms with van der Waals surface area (Å²) in [5, 5.41) is 16.8. The fourth-order valence-corrected chi connectivity index (χ4v) is 4.53. The Morgan fingerprint density at radius 3 is 2.38 bits per heavy atom. The minimum absolute atomic E-state index is 0.0572. The zero-order chi connectivity index (χ0) is 25.1. The Bertz CT molecular complexity index is 1090. The number of sulfone groups is 1. The smallest absolute Gasteiger partial charge is 0.290 e. The Morgan fingerprint density at radius 1 is 1.18 bits per heavy atom. The monoisotopic (exact) mass is 508 g/mol. The predicted molar refractivity (Wildman–Crippen MR) is 133 cm³/mol. The van der Waals surface area contributed by atoms with Gasteiger partial charge in [-0.15, -0.1) is 0 Å². The van der Waals surface area contributed by atoms with Gasteiger partial charge in [-0.25, -0.2) is 8.42 Å². The first-order chi connectivity index (χ1) is 16.2. The maximum absolute atomic E-state index is 12.6. The third kappa shape index (κ3) is 8.44. The summed E-state index contributed by atoms with van der Waals surface area (Å²) in [5.41, 5.74) is 2.81. The number of rotatable bonds is 9. The number of anilines is 1. The quantitative estimate of drug-likeness (QED) is 0.499. The van der Waals surface area contributed by atoms with Gasteiger partial charge in [0.2, 0.25) is 5.91 Å². The van der Waals surface area contributed by atoms with Gasteiger partial charge >= 0.3 is 0 Å². The molecule has 0 bridgehead atoms. The molecule has 1 aliphatic heterocycles. The average Bonchev–Trinajstić information content (AvgIpc) is 3.29. The molecule has 0 saturated carbocycles. The summed E-state index contributed by atoms with van der Waals surface area (Å²) < 4.78 is 25.2. The number of nitrogens with one attached hydrogen (secondary N) is 1. The van der Waals surface area contributed by atoms with Crippen molar-refractivity contribution >= 4 is 45.2 Å². The van der Waals surface area contributed by atoms with Crippen molar-refractivity contribution in [2.45, 2.75) is 17.7 Å². The van der Waals surface area contributed by atoms with Crippen molar-refractivity contribution < 1.29 is 23.1 Å². The molecule has 2 N–H and O–H groups in total. The fourth-order valence-electron chi connectivity index (χ4n) is 3.17. The fraction of sp³-hybridized carbons (Fsp3) is 0.348. The highest BCUT2D eigenvalue weighted by Crippen LogP contribution is 2.24. The van der Waals surface area contributed by atoms with Crippen LogP contribution >= 0.6 is 11.6 Å². The molecule has 0 aliphatic carbocycles. The largest absolute Gasteiger partial charge is 0.483 e. The number of hydrazone groups is 1. The van der Waals surface area contributed by atoms with Crippen LogP contribution in [-0.2, 0) is 19.4 Å². The number of carbonyl (C=O) groups excluding carboxylic acids is 1. The summed E-state index contributed by atoms with van der Waals surface area (Å²) in [7, 11) is 0.285. The molecule has 184 valence electrons. The van der Waals surface area contributed by atoms with Gasteiger partial charge in [0.25, 0.3) is 6.47 Å². The van der Waals surface area contributed by atoms with Gasteiger partial charge in [0.05, 0.1) is 22.0 Å². The number of benzene rings is 2. The van der Waals surface area contributed by atoms with Crippen LogP contribution < -0.4 is 10.3 Å². The van der Waals surface area contributed by atoms with E-state index in [0.717, 1.165) is 29.9 Å². The predicted octanol–water partition coefficient (Wildman–Crippen LogP) is 2.50. The molecule has 0 unspecified atom stereocenters. The van der Waals surface area contributed by atoms with E-state index in [9.17, 15) is 13.2 Å². The van der Waals surface area contributed by atoms with Crippen molar-refractivity contribution in [1.29, 1.82) is 0 Å². The first-order valence-corrected chi connectivity index (χ1v) is 12.6. The number of hydrogen-bond acceptors (Lipinski definition) is 7. The van der Waals surface area contributed by atoms with Crippen LogP contribution in [0, 0.1) is 0 Å². The lowest BCUT2D eigenvalue weighted by Crippen LogP contribution is -2.32. The second-order valence-corrected chi connectivity index (χ2v) is 10.3. The van der Waals surface area contributed by atoms with E-state index in [1.807, 2.05) is 48.3 Å². The van der Waals surface area contributed by atoms with Gasteiger partial charge in [0.1, 0.15) is 0 Å². The molecule has 2 aromatic rings. The van der Waals surface area contributed by atoms with Gasteiger partial charge < -0.3 is 15.3 Å². The van der Waals surface area contributed by atoms with E-state index in [0.29, 0.717) is 18.1 Å². The molecule has 0 aromatic heterocycles. The molecule has 11 heteroatoms. The van der Waals surface area contributed by atoms with Crippen molar-refractivity contribution in [3.8, 4) is 0 Å². The third-order valence-corrected chi connectivity index (χ3v) is 6.94. The molecular formula is C23H29ClN4O5S. The van der Waals surface area contributed by atoms with Crippen molar-refractivity contribution in [1.82, 2.24) is 10.2 Å². The summed E-state index contributed by atoms with van der Waals surface area (Å²) in [5.74, 6) is -0.480. The lowest BCUT2D eigenvalue weighted by Gasteiger charge is -2.14. The molecule has 9 nitrogen and oxygen atoms in total. The molecule has 0 atom stereocenters. The first-order valence-electron chi connectivity index (χ1n) is 10.6. The first kappa shape index (κ1) is 27.3. The zero-order valence-corrected chi connectivity index (χ0v) is 20.7. The number of hydrogen-bond donors (Lipinski definition) is 2. The average molecular weight is 509 g/mol. The molecule has 0 radical (unpaired) electrons. The molecule has 0 fully saturated rings. The SMILES string of the molecule is CN(C)CCNC(=O)CCS(=O)(=O)c1ccc(N2CCC(c3ccc(Cl)cc3)=N2)cc1.O=CO. The minimum Gasteiger partial charge on any atom is -0.483 e. The number of halogens is 1. The lowest BCUT2D eigenvalue weighted by atomic mass is 10.1. The molecule has 0 spiro atoms. The Balaban J connectivity index is 0.00000129. The molecule has 3 rings (SSSR count). The van der Waals surface area contributed by atoms with Crippen LogP contribution in [0.25, 0.3) is 0 Å². The number of likely N-dealkylation sites (N-methyl/N-ethyl adjacent to an activating group) is 1. The highest BCUT2D eigenvalue weighted by molar-refractivity contribution is 7.91. The summed E-state index contributed by atoms with van der Waals surface area (Å²) >= 11 is 5.94. The standard InChI is InChI=1S/C22H27ClN4O3S.CH2O2/c1-26(2)15-13-24-22(28)12-16-31(29,30)20-9-7-19(8-10-20)27-14-11-21(25-27)17-3-5-18(23)6-4-17;2-1-3/h3-10H,11-16H2,1-2H3,(H,24,28);1H,(H,2,3). The Kier molecular flexibility index (Phi) is 10.5. The van der Waals surface area contributed by atoms with Gasteiger partial charge in [0, 0.05) is 37.5 Å². The van der Waals surface area contributed by atoms with Crippen LogP contribution in [0.4, 0.5) is 5.69 Å². The van der Waals surface area contributed by atoms with Gasteiger partial charge in [-0.2, -0.15) is 5.10 Å². The molecule has 34 heavy (non-hydrogen) atoms. The normalized spacial score (nSPS) is 13.2. The Morgan fingerprint density at radius 2 is 1.79 bits per heavy atom. The van der Waals surface area contributed by atoms with E-state index >= 15 is 0 Å². The minimum atomic E-state index is -3.53. The number of carboxylic acid groups (broad SMARTS) is 1. The summed E-state index contributed by atoms with van der Waals surface area (Å²) in [6.07, 6.45) is 0.739. The van der Waals surface area contributed by atoms with E-state index in [4.69, 9.17) is 21.5 Å². The van der Waals surface area contributed by atoms with Crippen LogP contribution in [0.15, 0.2) is 58.5 Å². The van der Waals surface area contributed by atoms with Crippen molar-refractivity contribution in [2.24, 2.45) is 5.10 Å². The van der Waals surface area contributed by atoms with Crippen molar-refractivity contribution in [3.05, 3.63) is 59.1 Å². The summed E-state index contributed by atoms with van der Waals surface area (Å²) in [6.45, 7) is 1.67. The molecule has 2 aromatic carbocycles. The Hall–Kier alpha value is -2.95. The third-order valence-electron chi connectivity index (χ3n) is 4.95. The molecular weight excluding hydrogens is 480 g/mol. The lowest BCUT2D eigenvalue weighted by molar-refractivity contribution is -0.123. The molecule has 1 amide bonds. The van der Waals surface area contributed by atoms with Crippen molar-refractivity contribution in [3.63, 3.8) is 0 Å². The molecule has 0 saturated heterocycles. The van der Waals surface area contributed by atoms with E-state index in [1.54, 1.807) is 24.3 Å². The van der Waals surface area contributed by atoms with Crippen LogP contribution in [0.5, 0.6) is 0 Å². The Labute approximate surface area is 204 Å². The van der Waals surface area contributed by atoms with E-state index < -0.39 is 9.84 Å². The maximum atomic E-state index is 12.6. The van der Waals surface area contributed by atoms with Crippen molar-refractivity contribution in [2.75, 3.05) is 44.5 Å². The second kappa shape index (κ2) is 13.1. The zero-order valence-electron chi connectivity index (χ0n) is 19.1. The number of carbonyl (C=O) groups is 2. The van der Waals surface area contributed by atoms with Crippen LogP contribution in [0.1, 0.15) is 18.4 Å². The number of nitrogens with zero attached hydrogens (tertiary/aromatic N) is 3. The van der Waals surface area contributed by atoms with Crippen LogP contribution in [0.3, 0.4) is 0 Å². The molecule has 1 heterocycles. The van der Waals surface area contributed by atoms with Gasteiger partial charge in [-0.1, -0.05) is 23.7 Å². The maximum Gasteiger partial charge on any atom is 0.290 e. The van der Waals surface area contributed by atoms with Gasteiger partial charge in [-0.3, -0.25) is 14.6 Å². The topological polar surface area (TPSA) is 119 Å². The summed E-state index contributed by atoms with van der Waals surface area (Å²) in [4.78, 5) is 22.4. The van der Waals surface area contributed by atoms with Crippen LogP contribution in [-0.4, -0.2) is 76.0 Å². The van der Waals surface area contributed by atoms with E-state index in [-0.39, 0.29) is 29.4 Å². The molecule has 1 aliphatic rings. The highest BCUT2D eigenvalue weighted by atomic mass is 35.5. The van der Waals surface area contributed by atoms with Gasteiger partial charge in [-0.05, 0) is 56.1 Å². The summed E-state index contributed by atoms with van der Waals surface area (Å²) in [6, 6.07) is 14.2. The highest BCUT2D eigenvalue weighted by Gasteiger charge is 2.20. The second-order valence-electron chi connectivity index (χ2n) is 7.75. The van der Waals surface area contributed by atoms with E-state index in [2.05, 4.69) is 10.4 Å². The van der Waals surface area contributed by atoms with E-state index in [1.165, 1.54) is 0 Å². The van der Waals surface area contributed by atoms with Crippen LogP contribution in [0.2, 0.25) is 5.02 Å². The van der Waals surface area contributed by atoms with Gasteiger partial charge in [0.15, 0.2) is 9.84 Å².